The SMILES string of the molecule is CN(CCC(=O)O)C(=O)NCc1ccsc1Br. The van der Waals surface area contributed by atoms with Gasteiger partial charge in [-0.3, -0.25) is 4.79 Å². The van der Waals surface area contributed by atoms with E-state index in [9.17, 15) is 9.59 Å². The summed E-state index contributed by atoms with van der Waals surface area (Å²) in [5.41, 5.74) is 1.01. The molecule has 1 rings (SSSR count). The van der Waals surface area contributed by atoms with Crippen molar-refractivity contribution in [2.75, 3.05) is 13.6 Å². The fourth-order valence-electron chi connectivity index (χ4n) is 1.12. The number of hydrogen-bond acceptors (Lipinski definition) is 3. The average molecular weight is 321 g/mol. The number of carboxylic acid groups (broad SMARTS) is 1. The quantitative estimate of drug-likeness (QED) is 0.873. The molecule has 2 amide bonds. The second-order valence-electron chi connectivity index (χ2n) is 3.44. The van der Waals surface area contributed by atoms with Crippen LogP contribution in [0.5, 0.6) is 0 Å². The number of halogens is 1. The molecule has 0 bridgehead atoms. The predicted molar refractivity (Wildman–Crippen MR) is 69.1 cm³/mol. The summed E-state index contributed by atoms with van der Waals surface area (Å²) in [7, 11) is 1.57. The fraction of sp³-hybridized carbons (Fsp3) is 0.400. The third kappa shape index (κ3) is 4.74. The van der Waals surface area contributed by atoms with E-state index in [-0.39, 0.29) is 19.0 Å². The van der Waals surface area contributed by atoms with Crippen LogP contribution in [-0.4, -0.2) is 35.6 Å². The molecule has 0 saturated heterocycles. The van der Waals surface area contributed by atoms with Gasteiger partial charge in [-0.2, -0.15) is 0 Å². The van der Waals surface area contributed by atoms with Gasteiger partial charge < -0.3 is 15.3 Å². The van der Waals surface area contributed by atoms with Crippen LogP contribution in [0.25, 0.3) is 0 Å². The number of hydrogen-bond donors (Lipinski definition) is 2. The summed E-state index contributed by atoms with van der Waals surface area (Å²) in [5.74, 6) is -0.912. The normalized spacial score (nSPS) is 10.0. The van der Waals surface area contributed by atoms with Gasteiger partial charge in [0.2, 0.25) is 0 Å². The second-order valence-corrected chi connectivity index (χ2v) is 5.68. The van der Waals surface area contributed by atoms with E-state index in [2.05, 4.69) is 21.2 Å². The van der Waals surface area contributed by atoms with E-state index >= 15 is 0 Å². The van der Waals surface area contributed by atoms with E-state index in [1.54, 1.807) is 18.4 Å². The van der Waals surface area contributed by atoms with Gasteiger partial charge in [0.1, 0.15) is 0 Å². The smallest absolute Gasteiger partial charge is 0.317 e. The molecule has 5 nitrogen and oxygen atoms in total. The number of nitrogens with one attached hydrogen (secondary N) is 1. The Hall–Kier alpha value is -1.08. The Balaban J connectivity index is 2.34. The topological polar surface area (TPSA) is 69.6 Å². The molecular weight excluding hydrogens is 308 g/mol. The Labute approximate surface area is 112 Å². The lowest BCUT2D eigenvalue weighted by atomic mass is 10.3. The largest absolute Gasteiger partial charge is 0.481 e. The number of carboxylic acids is 1. The van der Waals surface area contributed by atoms with E-state index < -0.39 is 5.97 Å². The zero-order chi connectivity index (χ0) is 12.8. The Morgan fingerprint density at radius 2 is 2.29 bits per heavy atom. The minimum atomic E-state index is -0.912. The van der Waals surface area contributed by atoms with Crippen LogP contribution in [0, 0.1) is 0 Å². The summed E-state index contributed by atoms with van der Waals surface area (Å²) in [5, 5.41) is 13.1. The molecule has 0 unspecified atom stereocenters. The third-order valence-electron chi connectivity index (χ3n) is 2.13. The third-order valence-corrected chi connectivity index (χ3v) is 3.94. The van der Waals surface area contributed by atoms with Crippen molar-refractivity contribution in [2.24, 2.45) is 0 Å². The van der Waals surface area contributed by atoms with Gasteiger partial charge in [0, 0.05) is 20.1 Å². The van der Waals surface area contributed by atoms with Crippen molar-refractivity contribution in [3.63, 3.8) is 0 Å². The first kappa shape index (κ1) is 14.0. The van der Waals surface area contributed by atoms with Crippen LogP contribution in [0.1, 0.15) is 12.0 Å². The highest BCUT2D eigenvalue weighted by atomic mass is 79.9. The van der Waals surface area contributed by atoms with Crippen LogP contribution >= 0.6 is 27.3 Å². The number of aliphatic carboxylic acids is 1. The minimum absolute atomic E-state index is 0.0495. The number of rotatable bonds is 5. The van der Waals surface area contributed by atoms with Gasteiger partial charge in [0.05, 0.1) is 10.2 Å². The molecule has 0 aliphatic carbocycles. The van der Waals surface area contributed by atoms with Crippen LogP contribution in [0.3, 0.4) is 0 Å². The summed E-state index contributed by atoms with van der Waals surface area (Å²) >= 11 is 4.93. The standard InChI is InChI=1S/C10H13BrN2O3S/c1-13(4-2-8(14)15)10(16)12-6-7-3-5-17-9(7)11/h3,5H,2,4,6H2,1H3,(H,12,16)(H,14,15). The van der Waals surface area contributed by atoms with E-state index in [0.29, 0.717) is 6.54 Å². The van der Waals surface area contributed by atoms with E-state index in [4.69, 9.17) is 5.11 Å². The van der Waals surface area contributed by atoms with E-state index in [1.165, 1.54) is 4.90 Å². The predicted octanol–water partition coefficient (Wildman–Crippen LogP) is 2.13. The molecule has 1 heterocycles. The van der Waals surface area contributed by atoms with Crippen molar-refractivity contribution in [1.82, 2.24) is 10.2 Å². The lowest BCUT2D eigenvalue weighted by Crippen LogP contribution is -2.37. The molecule has 0 radical (unpaired) electrons. The molecule has 0 aromatic carbocycles. The number of carbonyl (C=O) groups is 2. The summed E-state index contributed by atoms with van der Waals surface area (Å²) in [4.78, 5) is 23.3. The molecule has 1 aromatic heterocycles. The number of nitrogens with zero attached hydrogens (tertiary/aromatic N) is 1. The maximum Gasteiger partial charge on any atom is 0.317 e. The molecule has 0 saturated carbocycles. The Morgan fingerprint density at radius 3 is 2.82 bits per heavy atom. The molecule has 0 fully saturated rings. The number of amides is 2. The van der Waals surface area contributed by atoms with Crippen LogP contribution < -0.4 is 5.32 Å². The molecule has 17 heavy (non-hydrogen) atoms. The summed E-state index contributed by atoms with van der Waals surface area (Å²) in [6.07, 6.45) is -0.0495. The lowest BCUT2D eigenvalue weighted by Gasteiger charge is -2.16. The van der Waals surface area contributed by atoms with Gasteiger partial charge in [0.25, 0.3) is 0 Å². The number of thiophene rings is 1. The van der Waals surface area contributed by atoms with Crippen LogP contribution in [0.2, 0.25) is 0 Å². The first-order valence-electron chi connectivity index (χ1n) is 4.93. The molecule has 94 valence electrons. The molecule has 0 aliphatic rings. The molecular formula is C10H13BrN2O3S. The van der Waals surface area contributed by atoms with Crippen molar-refractivity contribution in [1.29, 1.82) is 0 Å². The van der Waals surface area contributed by atoms with Crippen molar-refractivity contribution < 1.29 is 14.7 Å². The minimum Gasteiger partial charge on any atom is -0.481 e. The highest BCUT2D eigenvalue weighted by Crippen LogP contribution is 2.22. The molecule has 0 spiro atoms. The Kier molecular flexibility index (Phi) is 5.43. The zero-order valence-corrected chi connectivity index (χ0v) is 11.7. The Bertz CT molecular complexity index is 408. The summed E-state index contributed by atoms with van der Waals surface area (Å²) in [6.45, 7) is 0.631. The van der Waals surface area contributed by atoms with Crippen molar-refractivity contribution in [3.05, 3.63) is 20.8 Å². The van der Waals surface area contributed by atoms with Gasteiger partial charge in [-0.05, 0) is 32.9 Å². The Morgan fingerprint density at radius 1 is 1.59 bits per heavy atom. The van der Waals surface area contributed by atoms with Crippen LogP contribution in [0.15, 0.2) is 15.2 Å². The molecule has 1 aromatic rings. The highest BCUT2D eigenvalue weighted by Gasteiger charge is 2.10. The van der Waals surface area contributed by atoms with Gasteiger partial charge in [0.15, 0.2) is 0 Å². The van der Waals surface area contributed by atoms with Gasteiger partial charge in [-0.1, -0.05) is 0 Å². The average Bonchev–Trinajstić information content (AvgIpc) is 2.68. The summed E-state index contributed by atoms with van der Waals surface area (Å²) in [6, 6.07) is 1.65. The first-order valence-corrected chi connectivity index (χ1v) is 6.60. The maximum atomic E-state index is 11.6. The monoisotopic (exact) mass is 320 g/mol. The van der Waals surface area contributed by atoms with E-state index in [0.717, 1.165) is 9.35 Å². The van der Waals surface area contributed by atoms with Gasteiger partial charge in [-0.15, -0.1) is 11.3 Å². The number of carbonyl (C=O) groups excluding carboxylic acids is 1. The zero-order valence-electron chi connectivity index (χ0n) is 9.27. The molecule has 0 atom stereocenters. The maximum absolute atomic E-state index is 11.6. The second kappa shape index (κ2) is 6.61. The van der Waals surface area contributed by atoms with Gasteiger partial charge >= 0.3 is 12.0 Å². The first-order chi connectivity index (χ1) is 8.00. The van der Waals surface area contributed by atoms with Crippen LogP contribution in [0.4, 0.5) is 4.79 Å². The fourth-order valence-corrected chi connectivity index (χ4v) is 2.36. The highest BCUT2D eigenvalue weighted by molar-refractivity contribution is 9.11. The number of urea groups is 1. The van der Waals surface area contributed by atoms with Gasteiger partial charge in [-0.25, -0.2) is 4.79 Å². The molecule has 0 aliphatic heterocycles. The van der Waals surface area contributed by atoms with Crippen molar-refractivity contribution in [2.45, 2.75) is 13.0 Å². The molecule has 7 heteroatoms. The van der Waals surface area contributed by atoms with E-state index in [1.807, 2.05) is 11.4 Å². The summed E-state index contributed by atoms with van der Waals surface area (Å²) < 4.78 is 0.992. The van der Waals surface area contributed by atoms with Crippen molar-refractivity contribution in [3.8, 4) is 0 Å². The van der Waals surface area contributed by atoms with Crippen molar-refractivity contribution >= 4 is 39.3 Å². The molecule has 2 N–H and O–H groups in total. The lowest BCUT2D eigenvalue weighted by molar-refractivity contribution is -0.137. The van der Waals surface area contributed by atoms with Crippen LogP contribution in [-0.2, 0) is 11.3 Å².